The maximum absolute atomic E-state index is 12.9. The summed E-state index contributed by atoms with van der Waals surface area (Å²) >= 11 is 12.3. The maximum atomic E-state index is 12.9. The number of aliphatic hydroxyl groups excluding tert-OH is 1. The summed E-state index contributed by atoms with van der Waals surface area (Å²) in [6.45, 7) is 1.15. The Kier molecular flexibility index (Phi) is 5.38. The average molecular weight is 438 g/mol. The van der Waals surface area contributed by atoms with Gasteiger partial charge in [-0.05, 0) is 32.1 Å². The molecule has 154 valence electrons. The molecule has 2 aliphatic rings. The van der Waals surface area contributed by atoms with Gasteiger partial charge in [0.2, 0.25) is 0 Å². The Hall–Kier alpha value is -1.99. The second-order valence-electron chi connectivity index (χ2n) is 7.66. The Morgan fingerprint density at radius 1 is 1.17 bits per heavy atom. The van der Waals surface area contributed by atoms with Crippen LogP contribution in [0.5, 0.6) is 17.2 Å². The van der Waals surface area contributed by atoms with E-state index >= 15 is 0 Å². The highest BCUT2D eigenvalue weighted by Gasteiger charge is 2.39. The summed E-state index contributed by atoms with van der Waals surface area (Å²) in [5.41, 5.74) is 0.972. The van der Waals surface area contributed by atoms with Crippen molar-refractivity contribution in [3.8, 4) is 17.2 Å². The van der Waals surface area contributed by atoms with Crippen LogP contribution in [-0.2, 0) is 0 Å². The van der Waals surface area contributed by atoms with Gasteiger partial charge in [0.05, 0.1) is 12.5 Å². The van der Waals surface area contributed by atoms with Crippen molar-refractivity contribution in [1.82, 2.24) is 4.90 Å². The molecule has 1 fully saturated rings. The zero-order valence-electron chi connectivity index (χ0n) is 15.7. The van der Waals surface area contributed by atoms with Crippen LogP contribution in [0, 0.1) is 0 Å². The van der Waals surface area contributed by atoms with E-state index in [1.165, 1.54) is 0 Å². The lowest BCUT2D eigenvalue weighted by atomic mass is 9.83. The summed E-state index contributed by atoms with van der Waals surface area (Å²) in [7, 11) is 1.91. The quantitative estimate of drug-likeness (QED) is 0.659. The van der Waals surface area contributed by atoms with Gasteiger partial charge in [-0.2, -0.15) is 0 Å². The Balaban J connectivity index is 1.81. The van der Waals surface area contributed by atoms with Crippen molar-refractivity contribution < 1.29 is 24.9 Å². The molecular formula is C21H21Cl2NO5. The fourth-order valence-corrected chi connectivity index (χ4v) is 4.74. The molecule has 4 rings (SSSR count). The molecule has 1 saturated heterocycles. The third kappa shape index (κ3) is 3.66. The highest BCUT2D eigenvalue weighted by atomic mass is 35.5. The number of phenols is 2. The number of likely N-dealkylation sites (N-methyl/N-ethyl adjacent to an activating group) is 1. The lowest BCUT2D eigenvalue weighted by Crippen LogP contribution is -2.40. The predicted molar refractivity (Wildman–Crippen MR) is 109 cm³/mol. The number of Topliss-reactive ketones (excluding diaryl/α,β-unsaturated/α-hetero) is 1. The van der Waals surface area contributed by atoms with E-state index in [2.05, 4.69) is 0 Å². The van der Waals surface area contributed by atoms with Gasteiger partial charge in [0, 0.05) is 39.7 Å². The molecular weight excluding hydrogens is 417 g/mol. The van der Waals surface area contributed by atoms with E-state index in [0.29, 0.717) is 34.1 Å². The number of benzene rings is 2. The predicted octanol–water partition coefficient (Wildman–Crippen LogP) is 3.89. The molecule has 1 unspecified atom stereocenters. The number of likely N-dealkylation sites (tertiary alicyclic amines) is 1. The van der Waals surface area contributed by atoms with E-state index in [9.17, 15) is 20.1 Å². The summed E-state index contributed by atoms with van der Waals surface area (Å²) in [5, 5.41) is 32.4. The van der Waals surface area contributed by atoms with Crippen molar-refractivity contribution >= 4 is 29.0 Å². The van der Waals surface area contributed by atoms with Crippen molar-refractivity contribution in [3.05, 3.63) is 51.0 Å². The van der Waals surface area contributed by atoms with Crippen LogP contribution in [0.3, 0.4) is 0 Å². The minimum Gasteiger partial charge on any atom is -0.507 e. The van der Waals surface area contributed by atoms with Crippen LogP contribution in [0.2, 0.25) is 10.0 Å². The summed E-state index contributed by atoms with van der Waals surface area (Å²) < 4.78 is 6.14. The normalized spacial score (nSPS) is 24.8. The Labute approximate surface area is 178 Å². The first-order valence-electron chi connectivity index (χ1n) is 9.36. The van der Waals surface area contributed by atoms with Gasteiger partial charge >= 0.3 is 0 Å². The third-order valence-corrected chi connectivity index (χ3v) is 6.21. The molecule has 3 N–H and O–H groups in total. The SMILES string of the molecule is CN1CC[C@@H](c2c(O)cc(O)c3c2OC(c2ccc(Cl)cc2Cl)CC3=O)[C@@H](O)C1. The van der Waals surface area contributed by atoms with E-state index in [4.69, 9.17) is 27.9 Å². The first kappa shape index (κ1) is 20.3. The number of nitrogens with zero attached hydrogens (tertiary/aromatic N) is 1. The smallest absolute Gasteiger partial charge is 0.174 e. The molecule has 2 aromatic carbocycles. The average Bonchev–Trinajstić information content (AvgIpc) is 2.62. The molecule has 3 atom stereocenters. The zero-order chi connectivity index (χ0) is 20.9. The first-order chi connectivity index (χ1) is 13.8. The second-order valence-corrected chi connectivity index (χ2v) is 8.50. The number of fused-ring (bicyclic) bond motifs is 1. The Morgan fingerprint density at radius 2 is 1.93 bits per heavy atom. The number of piperidine rings is 1. The molecule has 29 heavy (non-hydrogen) atoms. The minimum atomic E-state index is -0.744. The third-order valence-electron chi connectivity index (χ3n) is 5.65. The molecule has 0 aromatic heterocycles. The standard InChI is InChI=1S/C21H21Cl2NO5/c1-24-5-4-12(17(28)9-24)19-14(25)7-15(26)20-16(27)8-18(29-21(19)20)11-3-2-10(22)6-13(11)23/h2-3,6-7,12,17-18,25-26,28H,4-5,8-9H2,1H3/t12-,17+,18?/m1/s1. The maximum Gasteiger partial charge on any atom is 0.174 e. The number of carbonyl (C=O) groups is 1. The van der Waals surface area contributed by atoms with Crippen molar-refractivity contribution in [2.45, 2.75) is 31.0 Å². The molecule has 0 spiro atoms. The number of hydrogen-bond acceptors (Lipinski definition) is 6. The highest BCUT2D eigenvalue weighted by molar-refractivity contribution is 6.35. The van der Waals surface area contributed by atoms with Gasteiger partial charge in [0.25, 0.3) is 0 Å². The largest absolute Gasteiger partial charge is 0.507 e. The number of halogens is 2. The molecule has 0 amide bonds. The minimum absolute atomic E-state index is 0.0118. The van der Waals surface area contributed by atoms with Crippen LogP contribution in [-0.4, -0.2) is 52.2 Å². The van der Waals surface area contributed by atoms with E-state index < -0.39 is 18.1 Å². The summed E-state index contributed by atoms with van der Waals surface area (Å²) in [5.74, 6) is -1.17. The van der Waals surface area contributed by atoms with E-state index in [1.54, 1.807) is 18.2 Å². The number of ether oxygens (including phenoxy) is 1. The number of aliphatic hydroxyl groups is 1. The Bertz CT molecular complexity index is 980. The number of carbonyl (C=O) groups excluding carboxylic acids is 1. The molecule has 6 nitrogen and oxygen atoms in total. The summed E-state index contributed by atoms with van der Waals surface area (Å²) in [4.78, 5) is 14.9. The van der Waals surface area contributed by atoms with Crippen molar-refractivity contribution in [3.63, 3.8) is 0 Å². The van der Waals surface area contributed by atoms with Gasteiger partial charge < -0.3 is 25.0 Å². The lowest BCUT2D eigenvalue weighted by Gasteiger charge is -2.37. The van der Waals surface area contributed by atoms with Crippen LogP contribution in [0.25, 0.3) is 0 Å². The van der Waals surface area contributed by atoms with Crippen LogP contribution in [0.1, 0.15) is 46.3 Å². The van der Waals surface area contributed by atoms with Gasteiger partial charge in [-0.3, -0.25) is 4.79 Å². The molecule has 0 aliphatic carbocycles. The fraction of sp³-hybridized carbons (Fsp3) is 0.381. The number of rotatable bonds is 2. The van der Waals surface area contributed by atoms with Gasteiger partial charge in [-0.1, -0.05) is 29.3 Å². The highest BCUT2D eigenvalue weighted by Crippen LogP contribution is 2.50. The molecule has 2 aliphatic heterocycles. The van der Waals surface area contributed by atoms with Crippen LogP contribution < -0.4 is 4.74 Å². The summed E-state index contributed by atoms with van der Waals surface area (Å²) in [6, 6.07) is 6.08. The number of aromatic hydroxyl groups is 2. The zero-order valence-corrected chi connectivity index (χ0v) is 17.2. The van der Waals surface area contributed by atoms with Gasteiger partial charge in [-0.25, -0.2) is 0 Å². The number of ketones is 1. The fourth-order valence-electron chi connectivity index (χ4n) is 4.21. The molecule has 0 bridgehead atoms. The number of hydrogen-bond donors (Lipinski definition) is 3. The second kappa shape index (κ2) is 7.69. The van der Waals surface area contributed by atoms with Crippen LogP contribution >= 0.6 is 23.2 Å². The van der Waals surface area contributed by atoms with Crippen molar-refractivity contribution in [2.75, 3.05) is 20.1 Å². The summed E-state index contributed by atoms with van der Waals surface area (Å²) in [6.07, 6.45) is -0.872. The van der Waals surface area contributed by atoms with E-state index in [-0.39, 0.29) is 35.0 Å². The number of β-amino-alcohol motifs (C(OH)–C–C–N with tert-alkyl or cyclic N) is 1. The van der Waals surface area contributed by atoms with Crippen molar-refractivity contribution in [2.24, 2.45) is 0 Å². The molecule has 0 saturated carbocycles. The van der Waals surface area contributed by atoms with E-state index in [0.717, 1.165) is 12.6 Å². The molecule has 2 aromatic rings. The monoisotopic (exact) mass is 437 g/mol. The first-order valence-corrected chi connectivity index (χ1v) is 10.1. The van der Waals surface area contributed by atoms with Gasteiger partial charge in [0.15, 0.2) is 5.78 Å². The molecule has 8 heteroatoms. The Morgan fingerprint density at radius 3 is 2.62 bits per heavy atom. The van der Waals surface area contributed by atoms with Gasteiger partial charge in [0.1, 0.15) is 28.9 Å². The van der Waals surface area contributed by atoms with Crippen LogP contribution in [0.15, 0.2) is 24.3 Å². The van der Waals surface area contributed by atoms with Crippen LogP contribution in [0.4, 0.5) is 0 Å². The van der Waals surface area contributed by atoms with E-state index in [1.807, 2.05) is 11.9 Å². The molecule has 0 radical (unpaired) electrons. The van der Waals surface area contributed by atoms with Gasteiger partial charge in [-0.15, -0.1) is 0 Å². The molecule has 2 heterocycles. The van der Waals surface area contributed by atoms with Crippen molar-refractivity contribution in [1.29, 1.82) is 0 Å². The topological polar surface area (TPSA) is 90.2 Å². The number of phenolic OH excluding ortho intramolecular Hbond substituents is 2. The lowest BCUT2D eigenvalue weighted by molar-refractivity contribution is 0.0592.